The Bertz CT molecular complexity index is 741. The number of morpholine rings is 1. The summed E-state index contributed by atoms with van der Waals surface area (Å²) in [5.74, 6) is 0.198. The van der Waals surface area contributed by atoms with Gasteiger partial charge in [-0.2, -0.15) is 0 Å². The lowest BCUT2D eigenvalue weighted by Crippen LogP contribution is -2.50. The molecule has 0 saturated carbocycles. The van der Waals surface area contributed by atoms with Crippen molar-refractivity contribution in [3.63, 3.8) is 0 Å². The predicted molar refractivity (Wildman–Crippen MR) is 102 cm³/mol. The summed E-state index contributed by atoms with van der Waals surface area (Å²) in [4.78, 5) is 15.2. The molecule has 1 aromatic heterocycles. The van der Waals surface area contributed by atoms with Crippen LogP contribution in [0, 0.1) is 0 Å². The van der Waals surface area contributed by atoms with Crippen LogP contribution < -0.4 is 4.74 Å². The molecule has 3 rings (SSSR count). The molecular weight excluding hydrogens is 397 g/mol. The van der Waals surface area contributed by atoms with Gasteiger partial charge < -0.3 is 19.5 Å². The van der Waals surface area contributed by atoms with Gasteiger partial charge in [-0.1, -0.05) is 29.3 Å². The number of benzene rings is 1. The van der Waals surface area contributed by atoms with Crippen LogP contribution in [0.15, 0.2) is 35.7 Å². The Labute approximate surface area is 166 Å². The SMILES string of the molecule is O=C(COc1cc(Cl)ccc1Cl)N1CCOCC1CC(O)c1cccs1. The van der Waals surface area contributed by atoms with Crippen molar-refractivity contribution in [3.05, 3.63) is 50.6 Å². The van der Waals surface area contributed by atoms with E-state index >= 15 is 0 Å². The van der Waals surface area contributed by atoms with Gasteiger partial charge in [0.2, 0.25) is 0 Å². The van der Waals surface area contributed by atoms with Crippen molar-refractivity contribution < 1.29 is 19.4 Å². The number of nitrogens with zero attached hydrogens (tertiary/aromatic N) is 1. The number of aliphatic hydroxyl groups excluding tert-OH is 1. The Morgan fingerprint density at radius 2 is 2.27 bits per heavy atom. The lowest BCUT2D eigenvalue weighted by Gasteiger charge is -2.36. The fraction of sp³-hybridized carbons (Fsp3) is 0.389. The van der Waals surface area contributed by atoms with E-state index < -0.39 is 6.10 Å². The van der Waals surface area contributed by atoms with Crippen LogP contribution in [0.25, 0.3) is 0 Å². The first-order chi connectivity index (χ1) is 12.5. The van der Waals surface area contributed by atoms with Crippen molar-refractivity contribution in [2.45, 2.75) is 18.6 Å². The molecular formula is C18H19Cl2NO4S. The zero-order valence-corrected chi connectivity index (χ0v) is 16.3. The van der Waals surface area contributed by atoms with Gasteiger partial charge in [0, 0.05) is 28.9 Å². The number of aliphatic hydroxyl groups is 1. The quantitative estimate of drug-likeness (QED) is 0.779. The average molecular weight is 416 g/mol. The van der Waals surface area contributed by atoms with Gasteiger partial charge in [0.25, 0.3) is 5.91 Å². The van der Waals surface area contributed by atoms with Crippen molar-refractivity contribution in [2.24, 2.45) is 0 Å². The van der Waals surface area contributed by atoms with Crippen LogP contribution in [0.1, 0.15) is 17.4 Å². The van der Waals surface area contributed by atoms with E-state index in [0.717, 1.165) is 4.88 Å². The van der Waals surface area contributed by atoms with Gasteiger partial charge in [0.05, 0.1) is 30.4 Å². The third kappa shape index (κ3) is 4.90. The number of ether oxygens (including phenoxy) is 2. The number of carbonyl (C=O) groups is 1. The number of hydrogen-bond acceptors (Lipinski definition) is 5. The monoisotopic (exact) mass is 415 g/mol. The highest BCUT2D eigenvalue weighted by atomic mass is 35.5. The maximum atomic E-state index is 12.6. The van der Waals surface area contributed by atoms with Crippen LogP contribution in [0.4, 0.5) is 0 Å². The van der Waals surface area contributed by atoms with Gasteiger partial charge in [0.15, 0.2) is 6.61 Å². The summed E-state index contributed by atoms with van der Waals surface area (Å²) in [6.07, 6.45) is -0.204. The minimum absolute atomic E-state index is 0.147. The first-order valence-electron chi connectivity index (χ1n) is 8.21. The summed E-state index contributed by atoms with van der Waals surface area (Å²) in [5.41, 5.74) is 0. The van der Waals surface area contributed by atoms with Gasteiger partial charge in [-0.15, -0.1) is 11.3 Å². The highest BCUT2D eigenvalue weighted by molar-refractivity contribution is 7.10. The Kier molecular flexibility index (Phi) is 6.78. The van der Waals surface area contributed by atoms with E-state index in [0.29, 0.717) is 42.0 Å². The molecule has 1 fully saturated rings. The number of amides is 1. The molecule has 2 heterocycles. The first-order valence-corrected chi connectivity index (χ1v) is 9.84. The van der Waals surface area contributed by atoms with Crippen molar-refractivity contribution in [2.75, 3.05) is 26.4 Å². The first kappa shape index (κ1) is 19.5. The summed E-state index contributed by atoms with van der Waals surface area (Å²) < 4.78 is 11.0. The van der Waals surface area contributed by atoms with E-state index in [1.54, 1.807) is 23.1 Å². The summed E-state index contributed by atoms with van der Waals surface area (Å²) in [6, 6.07) is 8.43. The number of carbonyl (C=O) groups excluding carboxylic acids is 1. The molecule has 1 aliphatic rings. The predicted octanol–water partition coefficient (Wildman–Crippen LogP) is 3.78. The molecule has 2 aromatic rings. The second-order valence-electron chi connectivity index (χ2n) is 5.95. The highest BCUT2D eigenvalue weighted by Crippen LogP contribution is 2.28. The molecule has 140 valence electrons. The van der Waals surface area contributed by atoms with Crippen molar-refractivity contribution in [1.29, 1.82) is 0 Å². The Balaban J connectivity index is 1.61. The van der Waals surface area contributed by atoms with Crippen molar-refractivity contribution in [1.82, 2.24) is 4.90 Å². The second kappa shape index (κ2) is 9.06. The smallest absolute Gasteiger partial charge is 0.260 e. The molecule has 0 radical (unpaired) electrons. The molecule has 0 aliphatic carbocycles. The molecule has 2 unspecified atom stereocenters. The van der Waals surface area contributed by atoms with Crippen LogP contribution in [0.5, 0.6) is 5.75 Å². The zero-order chi connectivity index (χ0) is 18.5. The molecule has 1 aliphatic heterocycles. The molecule has 0 spiro atoms. The molecule has 2 atom stereocenters. The fourth-order valence-corrected chi connectivity index (χ4v) is 3.90. The number of halogens is 2. The van der Waals surface area contributed by atoms with E-state index in [4.69, 9.17) is 32.7 Å². The van der Waals surface area contributed by atoms with Gasteiger partial charge in [-0.25, -0.2) is 0 Å². The van der Waals surface area contributed by atoms with E-state index in [1.807, 2.05) is 17.5 Å². The lowest BCUT2D eigenvalue weighted by molar-refractivity contribution is -0.143. The van der Waals surface area contributed by atoms with Gasteiger partial charge in [0.1, 0.15) is 5.75 Å². The van der Waals surface area contributed by atoms with Crippen LogP contribution >= 0.6 is 34.5 Å². The number of hydrogen-bond donors (Lipinski definition) is 1. The topological polar surface area (TPSA) is 59.0 Å². The maximum Gasteiger partial charge on any atom is 0.260 e. The Morgan fingerprint density at radius 3 is 3.04 bits per heavy atom. The normalized spacial score (nSPS) is 18.6. The summed E-state index contributed by atoms with van der Waals surface area (Å²) >= 11 is 13.5. The molecule has 0 bridgehead atoms. The van der Waals surface area contributed by atoms with E-state index in [9.17, 15) is 9.90 Å². The lowest BCUT2D eigenvalue weighted by atomic mass is 10.1. The molecule has 1 amide bonds. The van der Waals surface area contributed by atoms with Crippen LogP contribution in [-0.4, -0.2) is 48.3 Å². The zero-order valence-electron chi connectivity index (χ0n) is 13.9. The van der Waals surface area contributed by atoms with E-state index in [-0.39, 0.29) is 18.6 Å². The molecule has 1 saturated heterocycles. The van der Waals surface area contributed by atoms with Gasteiger partial charge in [-0.3, -0.25) is 4.79 Å². The molecule has 26 heavy (non-hydrogen) atoms. The second-order valence-corrected chi connectivity index (χ2v) is 7.77. The van der Waals surface area contributed by atoms with Crippen LogP contribution in [-0.2, 0) is 9.53 Å². The largest absolute Gasteiger partial charge is 0.482 e. The standard InChI is InChI=1S/C18H19Cl2NO4S/c19-12-3-4-14(20)16(8-12)25-11-18(23)21-5-6-24-10-13(21)9-15(22)17-2-1-7-26-17/h1-4,7-8,13,15,22H,5-6,9-11H2. The van der Waals surface area contributed by atoms with Gasteiger partial charge in [-0.05, 0) is 23.6 Å². The van der Waals surface area contributed by atoms with Crippen molar-refractivity contribution in [3.8, 4) is 5.75 Å². The molecule has 1 N–H and O–H groups in total. The van der Waals surface area contributed by atoms with E-state index in [2.05, 4.69) is 0 Å². The van der Waals surface area contributed by atoms with Crippen LogP contribution in [0.3, 0.4) is 0 Å². The average Bonchev–Trinajstić information content (AvgIpc) is 3.17. The third-order valence-corrected chi connectivity index (χ3v) is 5.68. The molecule has 5 nitrogen and oxygen atoms in total. The van der Waals surface area contributed by atoms with Gasteiger partial charge >= 0.3 is 0 Å². The summed E-state index contributed by atoms with van der Waals surface area (Å²) in [6.45, 7) is 1.18. The van der Waals surface area contributed by atoms with Crippen LogP contribution in [0.2, 0.25) is 10.0 Å². The number of rotatable bonds is 6. The highest BCUT2D eigenvalue weighted by Gasteiger charge is 2.30. The molecule has 8 heteroatoms. The fourth-order valence-electron chi connectivity index (χ4n) is 2.84. The Hall–Kier alpha value is -1.31. The van der Waals surface area contributed by atoms with E-state index in [1.165, 1.54) is 11.3 Å². The summed E-state index contributed by atoms with van der Waals surface area (Å²) in [5, 5.41) is 13.2. The minimum atomic E-state index is -0.625. The Morgan fingerprint density at radius 1 is 1.42 bits per heavy atom. The summed E-state index contributed by atoms with van der Waals surface area (Å²) in [7, 11) is 0. The maximum absolute atomic E-state index is 12.6. The number of thiophene rings is 1. The third-order valence-electron chi connectivity index (χ3n) is 4.16. The minimum Gasteiger partial charge on any atom is -0.482 e. The molecule has 1 aromatic carbocycles. The van der Waals surface area contributed by atoms with Crippen molar-refractivity contribution >= 4 is 40.4 Å².